The van der Waals surface area contributed by atoms with Crippen molar-refractivity contribution in [3.63, 3.8) is 0 Å². The number of hydrogen-bond donors (Lipinski definition) is 0. The zero-order valence-corrected chi connectivity index (χ0v) is 16.3. The molecule has 0 spiro atoms. The van der Waals surface area contributed by atoms with Gasteiger partial charge in [0.25, 0.3) is 0 Å². The van der Waals surface area contributed by atoms with Gasteiger partial charge in [0, 0.05) is 0 Å². The van der Waals surface area contributed by atoms with E-state index in [1.807, 2.05) is 0 Å². The van der Waals surface area contributed by atoms with Gasteiger partial charge in [-0.1, -0.05) is 69.4 Å². The molecule has 1 aliphatic heterocycles. The second kappa shape index (κ2) is 11.4. The predicted octanol–water partition coefficient (Wildman–Crippen LogP) is 6.48. The number of ether oxygens (including phenoxy) is 2. The van der Waals surface area contributed by atoms with Crippen molar-refractivity contribution in [3.8, 4) is 5.75 Å². The molecule has 0 N–H and O–H groups in total. The molecule has 0 bridgehead atoms. The first-order chi connectivity index (χ1) is 12.2. The number of benzene rings is 1. The lowest BCUT2D eigenvalue weighted by molar-refractivity contribution is 0.201. The Kier molecular flexibility index (Phi) is 9.10. The van der Waals surface area contributed by atoms with Crippen LogP contribution in [0.4, 0.5) is 0 Å². The Morgan fingerprint density at radius 3 is 2.44 bits per heavy atom. The maximum Gasteiger partial charge on any atom is 0.123 e. The van der Waals surface area contributed by atoms with Crippen LogP contribution in [0.3, 0.4) is 0 Å². The van der Waals surface area contributed by atoms with Crippen LogP contribution >= 0.6 is 0 Å². The molecule has 1 aromatic carbocycles. The van der Waals surface area contributed by atoms with Crippen LogP contribution in [-0.4, -0.2) is 18.8 Å². The lowest BCUT2D eigenvalue weighted by Crippen LogP contribution is -2.17. The summed E-state index contributed by atoms with van der Waals surface area (Å²) in [6, 6.07) is 8.46. The first-order valence-corrected chi connectivity index (χ1v) is 10.2. The standard InChI is InChI=1S/C23H36O2/c1-3-4-5-6-7-8-9-10-11-12-13-16-21-17-14-15-18-22(21)24-19-23(2)20-25-23/h6-7,14-15,17-18H,3-5,8-13,16,19-20H2,1-2H3/b7-6+. The smallest absolute Gasteiger partial charge is 0.123 e. The van der Waals surface area contributed by atoms with Gasteiger partial charge < -0.3 is 9.47 Å². The fourth-order valence-corrected chi connectivity index (χ4v) is 2.95. The summed E-state index contributed by atoms with van der Waals surface area (Å²) in [5.41, 5.74) is 1.29. The molecule has 1 aromatic rings. The predicted molar refractivity (Wildman–Crippen MR) is 106 cm³/mol. The van der Waals surface area contributed by atoms with Crippen LogP contribution < -0.4 is 4.74 Å². The molecule has 25 heavy (non-hydrogen) atoms. The number of para-hydroxylation sites is 1. The minimum absolute atomic E-state index is 0.0436. The van der Waals surface area contributed by atoms with Crippen LogP contribution in [0.1, 0.15) is 77.2 Å². The Hall–Kier alpha value is -1.28. The van der Waals surface area contributed by atoms with Crippen LogP contribution in [0, 0.1) is 0 Å². The Labute approximate surface area is 154 Å². The van der Waals surface area contributed by atoms with Gasteiger partial charge in [0.15, 0.2) is 0 Å². The number of unbranched alkanes of at least 4 members (excludes halogenated alkanes) is 7. The van der Waals surface area contributed by atoms with Gasteiger partial charge in [-0.05, 0) is 50.7 Å². The van der Waals surface area contributed by atoms with Crippen molar-refractivity contribution in [2.75, 3.05) is 13.2 Å². The van der Waals surface area contributed by atoms with Gasteiger partial charge >= 0.3 is 0 Å². The first kappa shape index (κ1) is 20.0. The number of hydrogen-bond acceptors (Lipinski definition) is 2. The van der Waals surface area contributed by atoms with E-state index in [-0.39, 0.29) is 5.60 Å². The summed E-state index contributed by atoms with van der Waals surface area (Å²) in [7, 11) is 0. The van der Waals surface area contributed by atoms with Crippen molar-refractivity contribution >= 4 is 0 Å². The van der Waals surface area contributed by atoms with Crippen molar-refractivity contribution in [2.45, 2.75) is 83.7 Å². The third-order valence-electron chi connectivity index (χ3n) is 4.85. The Bertz CT molecular complexity index is 503. The molecule has 0 saturated carbocycles. The van der Waals surface area contributed by atoms with Gasteiger partial charge in [-0.25, -0.2) is 0 Å². The topological polar surface area (TPSA) is 21.8 Å². The molecule has 1 heterocycles. The number of allylic oxidation sites excluding steroid dienone is 2. The molecule has 0 amide bonds. The summed E-state index contributed by atoms with van der Waals surface area (Å²) < 4.78 is 11.4. The Morgan fingerprint density at radius 1 is 1.00 bits per heavy atom. The van der Waals surface area contributed by atoms with Crippen molar-refractivity contribution in [3.05, 3.63) is 42.0 Å². The molecule has 2 rings (SSSR count). The van der Waals surface area contributed by atoms with Gasteiger partial charge in [-0.3, -0.25) is 0 Å². The average Bonchev–Trinajstić information content (AvgIpc) is 3.36. The largest absolute Gasteiger partial charge is 0.490 e. The summed E-state index contributed by atoms with van der Waals surface area (Å²) in [6.07, 6.45) is 17.6. The minimum atomic E-state index is -0.0436. The summed E-state index contributed by atoms with van der Waals surface area (Å²) in [5, 5.41) is 0. The van der Waals surface area contributed by atoms with Gasteiger partial charge in [-0.15, -0.1) is 0 Å². The summed E-state index contributed by atoms with van der Waals surface area (Å²) in [6.45, 7) is 5.84. The molecule has 0 aliphatic carbocycles. The second-order valence-corrected chi connectivity index (χ2v) is 7.56. The maximum absolute atomic E-state index is 5.98. The van der Waals surface area contributed by atoms with Crippen LogP contribution in [0.5, 0.6) is 5.75 Å². The lowest BCUT2D eigenvalue weighted by Gasteiger charge is -2.13. The molecule has 2 nitrogen and oxygen atoms in total. The van der Waals surface area contributed by atoms with Crippen molar-refractivity contribution in [1.29, 1.82) is 0 Å². The first-order valence-electron chi connectivity index (χ1n) is 10.2. The van der Waals surface area contributed by atoms with Gasteiger partial charge in [0.2, 0.25) is 0 Å². The van der Waals surface area contributed by atoms with Crippen molar-refractivity contribution < 1.29 is 9.47 Å². The van der Waals surface area contributed by atoms with E-state index in [1.165, 1.54) is 63.4 Å². The minimum Gasteiger partial charge on any atom is -0.490 e. The molecule has 1 saturated heterocycles. The summed E-state index contributed by atoms with van der Waals surface area (Å²) in [5.74, 6) is 1.04. The van der Waals surface area contributed by atoms with Gasteiger partial charge in [0.1, 0.15) is 18.0 Å². The van der Waals surface area contributed by atoms with Gasteiger partial charge in [-0.2, -0.15) is 0 Å². The normalized spacial score (nSPS) is 19.4. The van der Waals surface area contributed by atoms with E-state index in [9.17, 15) is 0 Å². The third-order valence-corrected chi connectivity index (χ3v) is 4.85. The lowest BCUT2D eigenvalue weighted by atomic mass is 10.0. The molecular formula is C23H36O2. The highest BCUT2D eigenvalue weighted by Crippen LogP contribution is 2.28. The Balaban J connectivity index is 1.53. The highest BCUT2D eigenvalue weighted by atomic mass is 16.6. The summed E-state index contributed by atoms with van der Waals surface area (Å²) >= 11 is 0. The second-order valence-electron chi connectivity index (χ2n) is 7.56. The molecule has 2 heteroatoms. The van der Waals surface area contributed by atoms with E-state index in [1.54, 1.807) is 0 Å². The molecular weight excluding hydrogens is 308 g/mol. The molecule has 1 fully saturated rings. The quantitative estimate of drug-likeness (QED) is 0.219. The van der Waals surface area contributed by atoms with Crippen LogP contribution in [0.25, 0.3) is 0 Å². The van der Waals surface area contributed by atoms with Crippen LogP contribution in [0.15, 0.2) is 36.4 Å². The van der Waals surface area contributed by atoms with E-state index >= 15 is 0 Å². The molecule has 1 atom stereocenters. The SMILES string of the molecule is CCCC/C=C/CCCCCCCc1ccccc1OCC1(C)CO1. The molecule has 1 unspecified atom stereocenters. The molecule has 1 aliphatic rings. The van der Waals surface area contributed by atoms with Crippen molar-refractivity contribution in [2.24, 2.45) is 0 Å². The van der Waals surface area contributed by atoms with Crippen LogP contribution in [0.2, 0.25) is 0 Å². The summed E-state index contributed by atoms with van der Waals surface area (Å²) in [4.78, 5) is 0. The number of rotatable bonds is 14. The highest BCUT2D eigenvalue weighted by molar-refractivity contribution is 5.33. The zero-order chi connectivity index (χ0) is 17.8. The van der Waals surface area contributed by atoms with E-state index in [0.29, 0.717) is 6.61 Å². The monoisotopic (exact) mass is 344 g/mol. The number of epoxide rings is 1. The van der Waals surface area contributed by atoms with Crippen LogP contribution in [-0.2, 0) is 11.2 Å². The molecule has 0 radical (unpaired) electrons. The highest BCUT2D eigenvalue weighted by Gasteiger charge is 2.40. The van der Waals surface area contributed by atoms with E-state index < -0.39 is 0 Å². The molecule has 140 valence electrons. The number of aryl methyl sites for hydroxylation is 1. The molecule has 0 aromatic heterocycles. The fraction of sp³-hybridized carbons (Fsp3) is 0.652. The van der Waals surface area contributed by atoms with E-state index in [4.69, 9.17) is 9.47 Å². The van der Waals surface area contributed by atoms with Gasteiger partial charge in [0.05, 0.1) is 6.61 Å². The average molecular weight is 345 g/mol. The Morgan fingerprint density at radius 2 is 1.68 bits per heavy atom. The fourth-order valence-electron chi connectivity index (χ4n) is 2.95. The zero-order valence-electron chi connectivity index (χ0n) is 16.3. The third kappa shape index (κ3) is 8.58. The maximum atomic E-state index is 5.98. The van der Waals surface area contributed by atoms with E-state index in [2.05, 4.69) is 50.3 Å². The van der Waals surface area contributed by atoms with E-state index in [0.717, 1.165) is 18.8 Å². The van der Waals surface area contributed by atoms with Crippen molar-refractivity contribution in [1.82, 2.24) is 0 Å².